The number of piperazine rings is 1. The van der Waals surface area contributed by atoms with Gasteiger partial charge in [0.25, 0.3) is 0 Å². The lowest BCUT2D eigenvalue weighted by molar-refractivity contribution is 0.208. The lowest BCUT2D eigenvalue weighted by atomic mass is 10.3. The molecule has 10 heteroatoms. The summed E-state index contributed by atoms with van der Waals surface area (Å²) in [5.74, 6) is 2.16. The van der Waals surface area contributed by atoms with E-state index in [0.29, 0.717) is 37.8 Å². The van der Waals surface area contributed by atoms with Crippen LogP contribution in [0.15, 0.2) is 24.7 Å². The second-order valence-corrected chi connectivity index (χ2v) is 5.97. The summed E-state index contributed by atoms with van der Waals surface area (Å²) in [5, 5.41) is 11.4. The summed E-state index contributed by atoms with van der Waals surface area (Å²) >= 11 is 0. The van der Waals surface area contributed by atoms with Gasteiger partial charge in [0.15, 0.2) is 17.3 Å². The Morgan fingerprint density at radius 1 is 1.16 bits per heavy atom. The number of nitrogens with one attached hydrogen (secondary N) is 1. The molecule has 1 aliphatic heterocycles. The van der Waals surface area contributed by atoms with Crippen molar-refractivity contribution in [1.29, 1.82) is 0 Å². The van der Waals surface area contributed by atoms with Crippen molar-refractivity contribution in [2.24, 2.45) is 7.05 Å². The molecule has 0 spiro atoms. The molecule has 25 heavy (non-hydrogen) atoms. The largest absolute Gasteiger partial charge is 0.352 e. The Kier molecular flexibility index (Phi) is 3.71. The van der Waals surface area contributed by atoms with Crippen LogP contribution >= 0.6 is 0 Å². The van der Waals surface area contributed by atoms with Crippen molar-refractivity contribution in [1.82, 2.24) is 34.3 Å². The fraction of sp³-hybridized carbons (Fsp3) is 0.400. The molecule has 0 aromatic carbocycles. The van der Waals surface area contributed by atoms with Gasteiger partial charge in [-0.1, -0.05) is 0 Å². The van der Waals surface area contributed by atoms with E-state index in [9.17, 15) is 4.79 Å². The van der Waals surface area contributed by atoms with Gasteiger partial charge in [-0.25, -0.2) is 9.78 Å². The first kappa shape index (κ1) is 15.4. The molecule has 10 nitrogen and oxygen atoms in total. The zero-order chi connectivity index (χ0) is 17.4. The highest BCUT2D eigenvalue weighted by molar-refractivity contribution is 5.88. The Hall–Kier alpha value is -3.17. The van der Waals surface area contributed by atoms with Gasteiger partial charge in [-0.2, -0.15) is 9.61 Å². The van der Waals surface area contributed by atoms with Crippen LogP contribution in [-0.2, 0) is 7.05 Å². The molecule has 0 radical (unpaired) electrons. The molecule has 1 aliphatic rings. The van der Waals surface area contributed by atoms with Crippen LogP contribution in [0.5, 0.6) is 0 Å². The van der Waals surface area contributed by atoms with Gasteiger partial charge < -0.3 is 9.80 Å². The van der Waals surface area contributed by atoms with Crippen molar-refractivity contribution < 1.29 is 4.79 Å². The first-order valence-corrected chi connectivity index (χ1v) is 8.08. The Morgan fingerprint density at radius 3 is 2.68 bits per heavy atom. The number of hydrogen-bond donors (Lipinski definition) is 1. The van der Waals surface area contributed by atoms with Gasteiger partial charge in [0.05, 0.1) is 12.4 Å². The van der Waals surface area contributed by atoms with Crippen LogP contribution < -0.4 is 10.2 Å². The SMILES string of the molecule is Cc1nc2cncc(N3CCN(C(=O)Nc4ccn(C)n4)CC3)n2n1. The number of anilines is 2. The first-order valence-electron chi connectivity index (χ1n) is 8.08. The lowest BCUT2D eigenvalue weighted by Crippen LogP contribution is -2.50. The average Bonchev–Trinajstić information content (AvgIpc) is 3.19. The summed E-state index contributed by atoms with van der Waals surface area (Å²) in [4.78, 5) is 24.9. The number of carbonyl (C=O) groups excluding carboxylic acids is 1. The molecule has 4 rings (SSSR count). The third kappa shape index (κ3) is 2.97. The van der Waals surface area contributed by atoms with E-state index in [-0.39, 0.29) is 6.03 Å². The average molecular weight is 341 g/mol. The van der Waals surface area contributed by atoms with E-state index >= 15 is 0 Å². The monoisotopic (exact) mass is 341 g/mol. The van der Waals surface area contributed by atoms with Crippen LogP contribution in [0.1, 0.15) is 5.82 Å². The van der Waals surface area contributed by atoms with Gasteiger partial charge >= 0.3 is 6.03 Å². The van der Waals surface area contributed by atoms with E-state index in [2.05, 4.69) is 30.4 Å². The van der Waals surface area contributed by atoms with Crippen molar-refractivity contribution in [2.45, 2.75) is 6.92 Å². The van der Waals surface area contributed by atoms with Crippen LogP contribution in [0.25, 0.3) is 5.65 Å². The molecule has 4 heterocycles. The Bertz CT molecular complexity index is 907. The van der Waals surface area contributed by atoms with Gasteiger partial charge in [0.2, 0.25) is 0 Å². The zero-order valence-electron chi connectivity index (χ0n) is 14.1. The third-order valence-corrected chi connectivity index (χ3v) is 4.17. The number of carbonyl (C=O) groups is 1. The smallest absolute Gasteiger partial charge is 0.323 e. The molecule has 130 valence electrons. The van der Waals surface area contributed by atoms with E-state index in [1.807, 2.05) is 14.0 Å². The molecule has 0 bridgehead atoms. The summed E-state index contributed by atoms with van der Waals surface area (Å²) in [6, 6.07) is 1.64. The molecule has 1 saturated heterocycles. The van der Waals surface area contributed by atoms with E-state index in [4.69, 9.17) is 0 Å². The Morgan fingerprint density at radius 2 is 1.96 bits per heavy atom. The predicted molar refractivity (Wildman–Crippen MR) is 91.5 cm³/mol. The maximum Gasteiger partial charge on any atom is 0.323 e. The number of hydrogen-bond acceptors (Lipinski definition) is 6. The van der Waals surface area contributed by atoms with E-state index in [0.717, 1.165) is 11.5 Å². The second-order valence-electron chi connectivity index (χ2n) is 5.97. The molecule has 1 fully saturated rings. The summed E-state index contributed by atoms with van der Waals surface area (Å²) in [6.45, 7) is 4.49. The number of fused-ring (bicyclic) bond motifs is 1. The molecule has 3 aromatic rings. The fourth-order valence-corrected chi connectivity index (χ4v) is 2.93. The molecule has 0 saturated carbocycles. The van der Waals surface area contributed by atoms with Crippen LogP contribution in [0.4, 0.5) is 16.4 Å². The van der Waals surface area contributed by atoms with Crippen LogP contribution in [0, 0.1) is 6.92 Å². The van der Waals surface area contributed by atoms with Crippen LogP contribution in [0.2, 0.25) is 0 Å². The highest BCUT2D eigenvalue weighted by Crippen LogP contribution is 2.17. The van der Waals surface area contributed by atoms with Crippen molar-refractivity contribution in [3.63, 3.8) is 0 Å². The number of amides is 2. The molecule has 1 N–H and O–H groups in total. The number of aromatic nitrogens is 6. The van der Waals surface area contributed by atoms with Gasteiger partial charge in [0.1, 0.15) is 5.82 Å². The first-order chi connectivity index (χ1) is 12.1. The highest BCUT2D eigenvalue weighted by Gasteiger charge is 2.23. The van der Waals surface area contributed by atoms with Crippen molar-refractivity contribution in [3.8, 4) is 0 Å². The zero-order valence-corrected chi connectivity index (χ0v) is 14.1. The highest BCUT2D eigenvalue weighted by atomic mass is 16.2. The molecule has 0 unspecified atom stereocenters. The minimum atomic E-state index is -0.133. The van der Waals surface area contributed by atoms with Gasteiger partial charge in [-0.05, 0) is 6.92 Å². The van der Waals surface area contributed by atoms with Gasteiger partial charge in [-0.15, -0.1) is 5.10 Å². The minimum Gasteiger partial charge on any atom is -0.352 e. The van der Waals surface area contributed by atoms with Crippen molar-refractivity contribution >= 4 is 23.3 Å². The molecule has 3 aromatic heterocycles. The van der Waals surface area contributed by atoms with Crippen LogP contribution in [0.3, 0.4) is 0 Å². The normalized spacial score (nSPS) is 15.0. The summed E-state index contributed by atoms with van der Waals surface area (Å²) < 4.78 is 3.45. The maximum absolute atomic E-state index is 12.3. The third-order valence-electron chi connectivity index (χ3n) is 4.17. The Labute approximate surface area is 144 Å². The fourth-order valence-electron chi connectivity index (χ4n) is 2.93. The van der Waals surface area contributed by atoms with Crippen LogP contribution in [-0.4, -0.2) is 66.5 Å². The van der Waals surface area contributed by atoms with E-state index < -0.39 is 0 Å². The number of aryl methyl sites for hydroxylation is 2. The Balaban J connectivity index is 1.43. The van der Waals surface area contributed by atoms with E-state index in [1.165, 1.54) is 0 Å². The van der Waals surface area contributed by atoms with E-state index in [1.54, 1.807) is 38.8 Å². The summed E-state index contributed by atoms with van der Waals surface area (Å²) in [7, 11) is 1.81. The van der Waals surface area contributed by atoms with Gasteiger partial charge in [-0.3, -0.25) is 15.0 Å². The molecule has 2 amide bonds. The number of nitrogens with zero attached hydrogens (tertiary/aromatic N) is 8. The minimum absolute atomic E-state index is 0.133. The molecule has 0 atom stereocenters. The van der Waals surface area contributed by atoms with Gasteiger partial charge in [0, 0.05) is 45.5 Å². The lowest BCUT2D eigenvalue weighted by Gasteiger charge is -2.35. The van der Waals surface area contributed by atoms with Crippen molar-refractivity contribution in [3.05, 3.63) is 30.5 Å². The standard InChI is InChI=1S/C15H19N9O/c1-11-17-13-9-16-10-14(24(13)19-11)22-5-7-23(8-6-22)15(25)18-12-3-4-21(2)20-12/h3-4,9-10H,5-8H2,1-2H3,(H,18,20,25). The topological polar surface area (TPSA) is 96.5 Å². The molecular formula is C15H19N9O. The number of rotatable bonds is 2. The summed E-state index contributed by atoms with van der Waals surface area (Å²) in [6.07, 6.45) is 5.27. The number of urea groups is 1. The maximum atomic E-state index is 12.3. The summed E-state index contributed by atoms with van der Waals surface area (Å²) in [5.41, 5.74) is 0.727. The quantitative estimate of drug-likeness (QED) is 0.730. The van der Waals surface area contributed by atoms with Crippen molar-refractivity contribution in [2.75, 3.05) is 36.4 Å². The molecule has 0 aliphatic carbocycles. The predicted octanol–water partition coefficient (Wildman–Crippen LogP) is 0.520. The molecular weight excluding hydrogens is 322 g/mol. The second kappa shape index (κ2) is 6.04.